The van der Waals surface area contributed by atoms with Gasteiger partial charge in [-0.05, 0) is 25.1 Å². The normalized spacial score (nSPS) is 11.4. The van der Waals surface area contributed by atoms with E-state index in [0.29, 0.717) is 0 Å². The van der Waals surface area contributed by atoms with E-state index in [2.05, 4.69) is 0 Å². The standard InChI is InChI=1S/C18H14ClNO7S/c1-10-3-5-11(6-4-10)28(24,25)20-8-7-12(19)15(20)13-9-14(26-2)17(27-13)16(21)18(22)23/h3-9H,1-2H3,(H,22,23). The van der Waals surface area contributed by atoms with Gasteiger partial charge in [-0.1, -0.05) is 29.3 Å². The minimum Gasteiger partial charge on any atom is -0.493 e. The largest absolute Gasteiger partial charge is 0.493 e. The van der Waals surface area contributed by atoms with E-state index in [0.717, 1.165) is 9.54 Å². The van der Waals surface area contributed by atoms with Gasteiger partial charge in [0.1, 0.15) is 5.69 Å². The first-order valence-corrected chi connectivity index (χ1v) is 9.63. The molecule has 0 bridgehead atoms. The minimum atomic E-state index is -4.03. The van der Waals surface area contributed by atoms with Crippen LogP contribution in [-0.2, 0) is 14.8 Å². The van der Waals surface area contributed by atoms with Crippen molar-refractivity contribution in [3.8, 4) is 17.2 Å². The lowest BCUT2D eigenvalue weighted by atomic mass is 10.2. The SMILES string of the molecule is COc1cc(-c2c(Cl)ccn2S(=O)(=O)c2ccc(C)cc2)oc1C(=O)C(=O)O. The summed E-state index contributed by atoms with van der Waals surface area (Å²) in [5, 5.41) is 8.94. The molecule has 2 aromatic heterocycles. The number of Topliss-reactive ketones (excluding diaryl/α,β-unsaturated/α-hetero) is 1. The fourth-order valence-corrected chi connectivity index (χ4v) is 4.19. The molecule has 0 atom stereocenters. The van der Waals surface area contributed by atoms with Crippen LogP contribution in [0.4, 0.5) is 0 Å². The van der Waals surface area contributed by atoms with Gasteiger partial charge >= 0.3 is 11.8 Å². The van der Waals surface area contributed by atoms with Crippen LogP contribution in [0.1, 0.15) is 16.1 Å². The fraction of sp³-hybridized carbons (Fsp3) is 0.111. The molecular weight excluding hydrogens is 410 g/mol. The Morgan fingerprint density at radius 1 is 1.18 bits per heavy atom. The van der Waals surface area contributed by atoms with Crippen molar-refractivity contribution in [3.63, 3.8) is 0 Å². The highest BCUT2D eigenvalue weighted by molar-refractivity contribution is 7.90. The molecule has 3 aromatic rings. The van der Waals surface area contributed by atoms with Gasteiger partial charge in [0.25, 0.3) is 10.0 Å². The Kier molecular flexibility index (Phi) is 5.05. The van der Waals surface area contributed by atoms with Gasteiger partial charge in [0.05, 0.1) is 17.0 Å². The molecule has 1 aromatic carbocycles. The van der Waals surface area contributed by atoms with Crippen molar-refractivity contribution >= 4 is 33.4 Å². The van der Waals surface area contributed by atoms with E-state index in [4.69, 9.17) is 25.9 Å². The van der Waals surface area contributed by atoms with Crippen LogP contribution in [0.3, 0.4) is 0 Å². The second-order valence-electron chi connectivity index (χ2n) is 5.77. The molecule has 0 aliphatic rings. The Morgan fingerprint density at radius 3 is 2.39 bits per heavy atom. The zero-order valence-electron chi connectivity index (χ0n) is 14.7. The molecule has 0 radical (unpaired) electrons. The van der Waals surface area contributed by atoms with Crippen LogP contribution in [0.15, 0.2) is 51.9 Å². The number of halogens is 1. The summed E-state index contributed by atoms with van der Waals surface area (Å²) in [5.41, 5.74) is 0.822. The van der Waals surface area contributed by atoms with Gasteiger partial charge in [0.2, 0.25) is 5.76 Å². The van der Waals surface area contributed by atoms with E-state index in [1.165, 1.54) is 37.6 Å². The molecule has 28 heavy (non-hydrogen) atoms. The highest BCUT2D eigenvalue weighted by Gasteiger charge is 2.29. The van der Waals surface area contributed by atoms with Crippen LogP contribution < -0.4 is 4.74 Å². The number of aliphatic carboxylic acids is 1. The summed E-state index contributed by atoms with van der Waals surface area (Å²) >= 11 is 6.16. The number of furan rings is 1. The fourth-order valence-electron chi connectivity index (χ4n) is 2.54. The lowest BCUT2D eigenvalue weighted by Crippen LogP contribution is -2.13. The first kappa shape index (κ1) is 19.7. The van der Waals surface area contributed by atoms with Crippen molar-refractivity contribution in [1.82, 2.24) is 3.97 Å². The van der Waals surface area contributed by atoms with Crippen LogP contribution in [0, 0.1) is 6.92 Å². The van der Waals surface area contributed by atoms with Crippen molar-refractivity contribution in [2.45, 2.75) is 11.8 Å². The highest BCUT2D eigenvalue weighted by Crippen LogP contribution is 2.37. The number of benzene rings is 1. The number of carboxylic acid groups (broad SMARTS) is 1. The number of nitrogens with zero attached hydrogens (tertiary/aromatic N) is 1. The Hall–Kier alpha value is -3.04. The number of carbonyl (C=O) groups excluding carboxylic acids is 1. The molecule has 0 aliphatic heterocycles. The highest BCUT2D eigenvalue weighted by atomic mass is 35.5. The zero-order valence-corrected chi connectivity index (χ0v) is 16.2. The number of ether oxygens (including phenoxy) is 1. The summed E-state index contributed by atoms with van der Waals surface area (Å²) in [6.45, 7) is 1.82. The van der Waals surface area contributed by atoms with Gasteiger partial charge in [-0.2, -0.15) is 0 Å². The van der Waals surface area contributed by atoms with Crippen molar-refractivity contribution in [2.75, 3.05) is 7.11 Å². The predicted molar refractivity (Wildman–Crippen MR) is 99.4 cm³/mol. The molecule has 0 unspecified atom stereocenters. The summed E-state index contributed by atoms with van der Waals surface area (Å²) in [7, 11) is -2.81. The number of methoxy groups -OCH3 is 1. The van der Waals surface area contributed by atoms with Gasteiger partial charge in [0.15, 0.2) is 11.5 Å². The maximum Gasteiger partial charge on any atom is 0.380 e. The molecule has 2 heterocycles. The summed E-state index contributed by atoms with van der Waals surface area (Å²) in [6.07, 6.45) is 1.24. The third-order valence-corrected chi connectivity index (χ3v) is 5.93. The minimum absolute atomic E-state index is 0.0203. The van der Waals surface area contributed by atoms with E-state index in [1.807, 2.05) is 6.92 Å². The number of aryl methyl sites for hydroxylation is 1. The number of rotatable bonds is 6. The third-order valence-electron chi connectivity index (χ3n) is 3.93. The lowest BCUT2D eigenvalue weighted by molar-refractivity contribution is -0.132. The van der Waals surface area contributed by atoms with Gasteiger partial charge < -0.3 is 14.3 Å². The summed E-state index contributed by atoms with van der Waals surface area (Å²) in [6, 6.07) is 8.75. The Labute approximate surface area is 165 Å². The molecule has 3 rings (SSSR count). The Bertz CT molecular complexity index is 1170. The average molecular weight is 424 g/mol. The van der Waals surface area contributed by atoms with E-state index < -0.39 is 27.5 Å². The second kappa shape index (κ2) is 7.17. The molecule has 10 heteroatoms. The van der Waals surface area contributed by atoms with Gasteiger partial charge in [0, 0.05) is 12.3 Å². The number of ketones is 1. The van der Waals surface area contributed by atoms with Crippen LogP contribution in [-0.4, -0.2) is 36.4 Å². The maximum atomic E-state index is 13.0. The monoisotopic (exact) mass is 423 g/mol. The molecule has 0 spiro atoms. The number of hydrogen-bond donors (Lipinski definition) is 1. The lowest BCUT2D eigenvalue weighted by Gasteiger charge is -2.10. The third kappa shape index (κ3) is 3.30. The summed E-state index contributed by atoms with van der Waals surface area (Å²) in [4.78, 5) is 22.8. The van der Waals surface area contributed by atoms with Gasteiger partial charge in [-0.15, -0.1) is 0 Å². The summed E-state index contributed by atoms with van der Waals surface area (Å²) in [5.74, 6) is -3.93. The van der Waals surface area contributed by atoms with Crippen molar-refractivity contribution < 1.29 is 32.3 Å². The Balaban J connectivity index is 2.18. The molecule has 0 fully saturated rings. The van der Waals surface area contributed by atoms with Crippen LogP contribution >= 0.6 is 11.6 Å². The molecule has 0 aliphatic carbocycles. The van der Waals surface area contributed by atoms with Crippen LogP contribution in [0.5, 0.6) is 5.75 Å². The van der Waals surface area contributed by atoms with Gasteiger partial charge in [-0.3, -0.25) is 4.79 Å². The van der Waals surface area contributed by atoms with Crippen LogP contribution in [0.2, 0.25) is 5.02 Å². The van der Waals surface area contributed by atoms with Crippen molar-refractivity contribution in [3.05, 3.63) is 58.9 Å². The molecule has 146 valence electrons. The predicted octanol–water partition coefficient (Wildman–Crippen LogP) is 3.22. The van der Waals surface area contributed by atoms with Crippen molar-refractivity contribution in [2.24, 2.45) is 0 Å². The quantitative estimate of drug-likeness (QED) is 0.478. The summed E-state index contributed by atoms with van der Waals surface area (Å²) < 4.78 is 37.2. The first-order valence-electron chi connectivity index (χ1n) is 7.81. The number of carbonyl (C=O) groups is 2. The molecule has 1 N–H and O–H groups in total. The second-order valence-corrected chi connectivity index (χ2v) is 7.99. The van der Waals surface area contributed by atoms with Crippen LogP contribution in [0.25, 0.3) is 11.5 Å². The van der Waals surface area contributed by atoms with E-state index in [1.54, 1.807) is 12.1 Å². The average Bonchev–Trinajstić information content (AvgIpc) is 3.24. The van der Waals surface area contributed by atoms with Crippen molar-refractivity contribution in [1.29, 1.82) is 0 Å². The maximum absolute atomic E-state index is 13.0. The molecule has 0 saturated heterocycles. The number of carboxylic acids is 1. The number of hydrogen-bond acceptors (Lipinski definition) is 6. The topological polar surface area (TPSA) is 116 Å². The number of aromatic nitrogens is 1. The smallest absolute Gasteiger partial charge is 0.380 e. The molecule has 8 nitrogen and oxygen atoms in total. The van der Waals surface area contributed by atoms with E-state index in [-0.39, 0.29) is 27.1 Å². The molecule has 0 saturated carbocycles. The molecular formula is C18H14ClNO7S. The Morgan fingerprint density at radius 2 is 1.82 bits per heavy atom. The van der Waals surface area contributed by atoms with E-state index in [9.17, 15) is 18.0 Å². The molecule has 0 amide bonds. The zero-order chi connectivity index (χ0) is 20.6. The van der Waals surface area contributed by atoms with E-state index >= 15 is 0 Å². The first-order chi connectivity index (χ1) is 13.2. The van der Waals surface area contributed by atoms with Gasteiger partial charge in [-0.25, -0.2) is 17.2 Å².